The molecule has 1 aliphatic heterocycles. The number of amides is 1. The fourth-order valence-corrected chi connectivity index (χ4v) is 3.94. The van der Waals surface area contributed by atoms with Crippen molar-refractivity contribution in [1.29, 1.82) is 5.41 Å². The Bertz CT molecular complexity index is 494. The molecule has 0 unspecified atom stereocenters. The average molecular weight is 331 g/mol. The van der Waals surface area contributed by atoms with Gasteiger partial charge in [0.05, 0.1) is 6.61 Å². The van der Waals surface area contributed by atoms with Crippen LogP contribution in [0.2, 0.25) is 0 Å². The molecule has 98 valence electrons. The van der Waals surface area contributed by atoms with Crippen molar-refractivity contribution in [3.63, 3.8) is 0 Å². The molecule has 0 radical (unpaired) electrons. The van der Waals surface area contributed by atoms with Gasteiger partial charge in [0, 0.05) is 39.5 Å². The van der Waals surface area contributed by atoms with Gasteiger partial charge in [0.1, 0.15) is 5.84 Å². The van der Waals surface area contributed by atoms with Gasteiger partial charge in [0.25, 0.3) is 0 Å². The van der Waals surface area contributed by atoms with E-state index >= 15 is 0 Å². The van der Waals surface area contributed by atoms with Crippen molar-refractivity contribution in [2.45, 2.75) is 31.8 Å². The van der Waals surface area contributed by atoms with Crippen molar-refractivity contribution in [2.24, 2.45) is 0 Å². The predicted octanol–water partition coefficient (Wildman–Crippen LogP) is 2.49. The number of hydrogen-bond acceptors (Lipinski definition) is 4. The van der Waals surface area contributed by atoms with E-state index in [9.17, 15) is 9.90 Å². The molecule has 0 saturated carbocycles. The monoisotopic (exact) mass is 330 g/mol. The van der Waals surface area contributed by atoms with Gasteiger partial charge < -0.3 is 10.0 Å². The molecule has 1 aliphatic rings. The number of piperidine rings is 1. The molecule has 2 rings (SSSR count). The van der Waals surface area contributed by atoms with Gasteiger partial charge in [-0.1, -0.05) is 6.92 Å². The second kappa shape index (κ2) is 4.75. The number of aliphatic hydroxyl groups excluding tert-OH is 1. The van der Waals surface area contributed by atoms with Crippen molar-refractivity contribution in [1.82, 2.24) is 4.90 Å². The Morgan fingerprint density at radius 1 is 1.61 bits per heavy atom. The summed E-state index contributed by atoms with van der Waals surface area (Å²) >= 11 is 4.92. The van der Waals surface area contributed by atoms with Crippen LogP contribution in [0.15, 0.2) is 10.5 Å². The van der Waals surface area contributed by atoms with Gasteiger partial charge in [0.15, 0.2) is 0 Å². The number of nitrogens with zero attached hydrogens (tertiary/aromatic N) is 1. The van der Waals surface area contributed by atoms with E-state index in [0.717, 1.165) is 14.2 Å². The van der Waals surface area contributed by atoms with Crippen molar-refractivity contribution in [3.8, 4) is 0 Å². The maximum Gasteiger partial charge on any atom is 0.228 e. The standard InChI is InChI=1S/C12H15BrN2O2S/c1-12(4-10(14)15(2)11(17)5-12)9-3-7(13)8(6-16)18-9/h3,14,16H,4-6H2,1-2H3/t12-/m0/s1. The Morgan fingerprint density at radius 2 is 2.28 bits per heavy atom. The van der Waals surface area contributed by atoms with E-state index in [0.29, 0.717) is 18.7 Å². The van der Waals surface area contributed by atoms with E-state index in [-0.39, 0.29) is 17.9 Å². The SMILES string of the molecule is CN1C(=N)C[C@](C)(c2cc(Br)c(CO)s2)CC1=O. The lowest BCUT2D eigenvalue weighted by Gasteiger charge is -2.36. The fraction of sp³-hybridized carbons (Fsp3) is 0.500. The maximum atomic E-state index is 11.9. The molecule has 1 aromatic rings. The number of nitrogens with one attached hydrogen (secondary N) is 1. The molecular weight excluding hydrogens is 316 g/mol. The Balaban J connectivity index is 2.36. The van der Waals surface area contributed by atoms with E-state index in [4.69, 9.17) is 5.41 Å². The number of carbonyl (C=O) groups excluding carboxylic acids is 1. The summed E-state index contributed by atoms with van der Waals surface area (Å²) < 4.78 is 0.879. The molecule has 1 atom stereocenters. The Morgan fingerprint density at radius 3 is 2.78 bits per heavy atom. The third-order valence-electron chi connectivity index (χ3n) is 3.37. The fourth-order valence-electron chi connectivity index (χ4n) is 2.14. The van der Waals surface area contributed by atoms with E-state index in [2.05, 4.69) is 15.9 Å². The van der Waals surface area contributed by atoms with Gasteiger partial charge in [-0.25, -0.2) is 0 Å². The summed E-state index contributed by atoms with van der Waals surface area (Å²) in [5.41, 5.74) is -0.332. The molecule has 18 heavy (non-hydrogen) atoms. The van der Waals surface area contributed by atoms with Crippen LogP contribution < -0.4 is 0 Å². The van der Waals surface area contributed by atoms with Crippen LogP contribution in [-0.4, -0.2) is 28.8 Å². The Hall–Kier alpha value is -0.720. The van der Waals surface area contributed by atoms with Gasteiger partial charge in [-0.3, -0.25) is 10.2 Å². The average Bonchev–Trinajstić information content (AvgIpc) is 2.68. The molecule has 4 nitrogen and oxygen atoms in total. The number of halogens is 1. The second-order valence-electron chi connectivity index (χ2n) is 4.85. The van der Waals surface area contributed by atoms with Crippen LogP contribution in [0.1, 0.15) is 29.5 Å². The molecule has 0 spiro atoms. The third kappa shape index (κ3) is 2.24. The first-order valence-electron chi connectivity index (χ1n) is 5.61. The lowest BCUT2D eigenvalue weighted by Crippen LogP contribution is -2.46. The highest BCUT2D eigenvalue weighted by atomic mass is 79.9. The molecule has 0 bridgehead atoms. The topological polar surface area (TPSA) is 64.4 Å². The Labute approximate surface area is 118 Å². The first kappa shape index (κ1) is 13.7. The summed E-state index contributed by atoms with van der Waals surface area (Å²) in [4.78, 5) is 15.2. The predicted molar refractivity (Wildman–Crippen MR) is 75.0 cm³/mol. The highest BCUT2D eigenvalue weighted by Crippen LogP contribution is 2.42. The third-order valence-corrected chi connectivity index (χ3v) is 5.77. The normalized spacial score (nSPS) is 24.8. The summed E-state index contributed by atoms with van der Waals surface area (Å²) in [6.45, 7) is 2.00. The molecule has 0 aromatic carbocycles. The molecule has 1 aromatic heterocycles. The summed E-state index contributed by atoms with van der Waals surface area (Å²) in [5, 5.41) is 17.1. The lowest BCUT2D eigenvalue weighted by atomic mass is 9.78. The second-order valence-corrected chi connectivity index (χ2v) is 6.84. The van der Waals surface area contributed by atoms with Gasteiger partial charge in [-0.2, -0.15) is 0 Å². The molecule has 1 amide bonds. The summed E-state index contributed by atoms with van der Waals surface area (Å²) in [6.07, 6.45) is 0.955. The highest BCUT2D eigenvalue weighted by molar-refractivity contribution is 9.10. The van der Waals surface area contributed by atoms with Crippen molar-refractivity contribution < 1.29 is 9.90 Å². The minimum Gasteiger partial charge on any atom is -0.391 e. The van der Waals surface area contributed by atoms with E-state index in [1.807, 2.05) is 13.0 Å². The lowest BCUT2D eigenvalue weighted by molar-refractivity contribution is -0.128. The van der Waals surface area contributed by atoms with Gasteiger partial charge in [0.2, 0.25) is 5.91 Å². The molecule has 2 N–H and O–H groups in total. The van der Waals surface area contributed by atoms with Crippen LogP contribution in [0.3, 0.4) is 0 Å². The van der Waals surface area contributed by atoms with Crippen molar-refractivity contribution in [2.75, 3.05) is 7.05 Å². The van der Waals surface area contributed by atoms with Gasteiger partial charge in [-0.15, -0.1) is 11.3 Å². The number of aliphatic hydroxyl groups is 1. The molecule has 1 fully saturated rings. The van der Waals surface area contributed by atoms with Crippen LogP contribution in [0, 0.1) is 5.41 Å². The molecule has 2 heterocycles. The van der Waals surface area contributed by atoms with Gasteiger partial charge in [-0.05, 0) is 22.0 Å². The number of likely N-dealkylation sites (tertiary alicyclic amines) is 1. The summed E-state index contributed by atoms with van der Waals surface area (Å²) in [6, 6.07) is 1.96. The van der Waals surface area contributed by atoms with Crippen LogP contribution in [0.4, 0.5) is 0 Å². The number of hydrogen-bond donors (Lipinski definition) is 2. The number of carbonyl (C=O) groups is 1. The minimum atomic E-state index is -0.332. The number of amidine groups is 1. The molecular formula is C12H15BrN2O2S. The van der Waals surface area contributed by atoms with Gasteiger partial charge >= 0.3 is 0 Å². The van der Waals surface area contributed by atoms with Crippen molar-refractivity contribution in [3.05, 3.63) is 20.3 Å². The zero-order valence-electron chi connectivity index (χ0n) is 10.3. The highest BCUT2D eigenvalue weighted by Gasteiger charge is 2.39. The van der Waals surface area contributed by atoms with Crippen LogP contribution in [0.5, 0.6) is 0 Å². The van der Waals surface area contributed by atoms with E-state index in [1.54, 1.807) is 7.05 Å². The summed E-state index contributed by atoms with van der Waals surface area (Å²) in [7, 11) is 1.65. The maximum absolute atomic E-state index is 11.9. The largest absolute Gasteiger partial charge is 0.391 e. The number of rotatable bonds is 2. The first-order chi connectivity index (χ1) is 8.37. The van der Waals surface area contributed by atoms with E-state index in [1.165, 1.54) is 16.2 Å². The van der Waals surface area contributed by atoms with Crippen LogP contribution in [0.25, 0.3) is 0 Å². The molecule has 0 aliphatic carbocycles. The van der Waals surface area contributed by atoms with Crippen LogP contribution >= 0.6 is 27.3 Å². The zero-order chi connectivity index (χ0) is 13.5. The number of thiophene rings is 1. The summed E-state index contributed by atoms with van der Waals surface area (Å²) in [5.74, 6) is 0.327. The van der Waals surface area contributed by atoms with Crippen LogP contribution in [-0.2, 0) is 16.8 Å². The Kier molecular flexibility index (Phi) is 3.62. The quantitative estimate of drug-likeness (QED) is 0.874. The van der Waals surface area contributed by atoms with Crippen molar-refractivity contribution >= 4 is 39.0 Å². The smallest absolute Gasteiger partial charge is 0.228 e. The minimum absolute atomic E-state index is 0.00732. The zero-order valence-corrected chi connectivity index (χ0v) is 12.7. The molecule has 1 saturated heterocycles. The molecule has 6 heteroatoms. The first-order valence-corrected chi connectivity index (χ1v) is 7.22. The van der Waals surface area contributed by atoms with E-state index < -0.39 is 0 Å².